The summed E-state index contributed by atoms with van der Waals surface area (Å²) < 4.78 is 6.29. The van der Waals surface area contributed by atoms with Gasteiger partial charge in [-0.05, 0) is 64.0 Å². The molecule has 0 radical (unpaired) electrons. The highest BCUT2D eigenvalue weighted by atomic mass is 16.5. The molecule has 0 heterocycles. The van der Waals surface area contributed by atoms with Crippen molar-refractivity contribution in [1.82, 2.24) is 4.90 Å². The van der Waals surface area contributed by atoms with Gasteiger partial charge < -0.3 is 14.6 Å². The molecule has 5 nitrogen and oxygen atoms in total. The third kappa shape index (κ3) is 6.87. The lowest BCUT2D eigenvalue weighted by atomic mass is 9.74. The third-order valence-corrected chi connectivity index (χ3v) is 6.44. The highest BCUT2D eigenvalue weighted by Crippen LogP contribution is 2.55. The van der Waals surface area contributed by atoms with Crippen LogP contribution >= 0.6 is 0 Å². The fraction of sp³-hybridized carbons (Fsp3) is 0.750. The van der Waals surface area contributed by atoms with Gasteiger partial charge in [-0.15, -0.1) is 0 Å². The van der Waals surface area contributed by atoms with Gasteiger partial charge in [-0.3, -0.25) is 9.69 Å². The summed E-state index contributed by atoms with van der Waals surface area (Å²) in [6, 6.07) is 0. The second-order valence-electron chi connectivity index (χ2n) is 9.20. The van der Waals surface area contributed by atoms with Gasteiger partial charge in [0.1, 0.15) is 5.78 Å². The first-order valence-electron chi connectivity index (χ1n) is 10.8. The third-order valence-electron chi connectivity index (χ3n) is 6.44. The van der Waals surface area contributed by atoms with Crippen molar-refractivity contribution in [1.29, 1.82) is 0 Å². The minimum Gasteiger partial charge on any atom is -0.395 e. The van der Waals surface area contributed by atoms with Crippen molar-refractivity contribution in [2.24, 2.45) is 10.8 Å². The quantitative estimate of drug-likeness (QED) is 0.349. The molecule has 0 bridgehead atoms. The lowest BCUT2D eigenvalue weighted by Crippen LogP contribution is -2.40. The molecular weight excluding hydrogens is 366 g/mol. The minimum atomic E-state index is -0.672. The topological polar surface area (TPSA) is 66.8 Å². The van der Waals surface area contributed by atoms with Crippen LogP contribution in [0, 0.1) is 10.8 Å². The first-order chi connectivity index (χ1) is 13.5. The SMILES string of the molecule is C=C(CCC(C)=O)C(=O)[C@]1(C)C[C@@](C)(C(=C)C)C[C@H]1OCCN(CCC)CCO. The van der Waals surface area contributed by atoms with E-state index in [1.54, 1.807) is 0 Å². The Morgan fingerprint density at radius 1 is 1.14 bits per heavy atom. The van der Waals surface area contributed by atoms with E-state index in [0.29, 0.717) is 38.0 Å². The van der Waals surface area contributed by atoms with Crippen LogP contribution in [0.3, 0.4) is 0 Å². The number of ether oxygens (including phenoxy) is 1. The average molecular weight is 408 g/mol. The molecule has 0 aromatic carbocycles. The van der Waals surface area contributed by atoms with Crippen molar-refractivity contribution in [3.63, 3.8) is 0 Å². The van der Waals surface area contributed by atoms with Crippen molar-refractivity contribution in [2.45, 2.75) is 72.8 Å². The number of carbonyl (C=O) groups excluding carboxylic acids is 2. The first-order valence-corrected chi connectivity index (χ1v) is 10.8. The zero-order chi connectivity index (χ0) is 22.2. The van der Waals surface area contributed by atoms with E-state index in [1.807, 2.05) is 13.8 Å². The summed E-state index contributed by atoms with van der Waals surface area (Å²) in [7, 11) is 0. The molecule has 166 valence electrons. The van der Waals surface area contributed by atoms with E-state index >= 15 is 0 Å². The van der Waals surface area contributed by atoms with E-state index in [0.717, 1.165) is 31.5 Å². The van der Waals surface area contributed by atoms with Gasteiger partial charge in [0.2, 0.25) is 0 Å². The molecule has 29 heavy (non-hydrogen) atoms. The van der Waals surface area contributed by atoms with Crippen LogP contribution in [-0.4, -0.2) is 60.5 Å². The number of Topliss-reactive ketones (excluding diaryl/α,β-unsaturated/α-hetero) is 2. The molecule has 1 rings (SSSR count). The first kappa shape index (κ1) is 25.7. The maximum atomic E-state index is 13.3. The predicted molar refractivity (Wildman–Crippen MR) is 118 cm³/mol. The number of ketones is 2. The molecule has 0 aromatic heterocycles. The lowest BCUT2D eigenvalue weighted by molar-refractivity contribution is -0.131. The van der Waals surface area contributed by atoms with Crippen molar-refractivity contribution in [2.75, 3.05) is 32.8 Å². The summed E-state index contributed by atoms with van der Waals surface area (Å²) in [6.07, 6.45) is 2.97. The molecule has 0 saturated heterocycles. The Morgan fingerprint density at radius 2 is 1.79 bits per heavy atom. The molecule has 0 unspecified atom stereocenters. The van der Waals surface area contributed by atoms with Crippen LogP contribution in [0.1, 0.15) is 66.7 Å². The molecule has 0 spiro atoms. The van der Waals surface area contributed by atoms with Crippen LogP contribution in [-0.2, 0) is 14.3 Å². The van der Waals surface area contributed by atoms with Crippen LogP contribution in [0.2, 0.25) is 0 Å². The normalized spacial score (nSPS) is 26.7. The number of rotatable bonds is 14. The fourth-order valence-corrected chi connectivity index (χ4v) is 4.39. The van der Waals surface area contributed by atoms with Crippen LogP contribution in [0.25, 0.3) is 0 Å². The molecule has 1 N–H and O–H groups in total. The maximum Gasteiger partial charge on any atom is 0.166 e. The van der Waals surface area contributed by atoms with Gasteiger partial charge in [0, 0.05) is 19.5 Å². The molecule has 1 aliphatic rings. The minimum absolute atomic E-state index is 0.00879. The number of hydrogen-bond donors (Lipinski definition) is 1. The molecule has 1 aliphatic carbocycles. The Kier molecular flexibility index (Phi) is 9.93. The lowest BCUT2D eigenvalue weighted by Gasteiger charge is -2.32. The molecule has 1 fully saturated rings. The molecule has 0 amide bonds. The Labute approximate surface area is 177 Å². The highest BCUT2D eigenvalue weighted by molar-refractivity contribution is 6.00. The van der Waals surface area contributed by atoms with Crippen LogP contribution in [0.15, 0.2) is 24.3 Å². The standard InChI is InChI=1S/C24H41NO4/c1-8-11-25(12-14-26)13-15-29-21-16-23(6,18(2)3)17-24(21,7)22(28)19(4)9-10-20(5)27/h21,26H,2,4,8-17H2,1,3,5-7H3/t21-,23+,24-/m1/s1. The van der Waals surface area contributed by atoms with Crippen molar-refractivity contribution in [3.05, 3.63) is 24.3 Å². The van der Waals surface area contributed by atoms with E-state index in [9.17, 15) is 14.7 Å². The molecule has 3 atom stereocenters. The second kappa shape index (κ2) is 11.2. The summed E-state index contributed by atoms with van der Waals surface area (Å²) in [5.41, 5.74) is 0.734. The Bertz CT molecular complexity index is 608. The van der Waals surface area contributed by atoms with Gasteiger partial charge in [-0.25, -0.2) is 0 Å². The van der Waals surface area contributed by atoms with E-state index < -0.39 is 5.41 Å². The molecule has 0 aliphatic heterocycles. The van der Waals surface area contributed by atoms with Gasteiger partial charge in [-0.2, -0.15) is 0 Å². The summed E-state index contributed by atoms with van der Waals surface area (Å²) >= 11 is 0. The number of carbonyl (C=O) groups is 2. The molecule has 1 saturated carbocycles. The second-order valence-corrected chi connectivity index (χ2v) is 9.20. The van der Waals surface area contributed by atoms with Gasteiger partial charge in [0.15, 0.2) is 5.78 Å². The van der Waals surface area contributed by atoms with Gasteiger partial charge in [0.25, 0.3) is 0 Å². The highest BCUT2D eigenvalue weighted by Gasteiger charge is 2.55. The van der Waals surface area contributed by atoms with E-state index in [1.165, 1.54) is 6.92 Å². The van der Waals surface area contributed by atoms with Crippen molar-refractivity contribution >= 4 is 11.6 Å². The number of allylic oxidation sites excluding steroid dienone is 2. The summed E-state index contributed by atoms with van der Waals surface area (Å²) in [6.45, 7) is 20.8. The van der Waals surface area contributed by atoms with Crippen molar-refractivity contribution < 1.29 is 19.4 Å². The van der Waals surface area contributed by atoms with Crippen LogP contribution < -0.4 is 0 Å². The summed E-state index contributed by atoms with van der Waals surface area (Å²) in [5.74, 6) is 0.0736. The number of aliphatic hydroxyl groups excluding tert-OH is 1. The smallest absolute Gasteiger partial charge is 0.166 e. The average Bonchev–Trinajstić information content (AvgIpc) is 2.92. The number of hydrogen-bond acceptors (Lipinski definition) is 5. The summed E-state index contributed by atoms with van der Waals surface area (Å²) in [4.78, 5) is 26.8. The monoisotopic (exact) mass is 407 g/mol. The summed E-state index contributed by atoms with van der Waals surface area (Å²) in [5, 5.41) is 9.24. The Balaban J connectivity index is 2.92. The van der Waals surface area contributed by atoms with E-state index in [-0.39, 0.29) is 29.7 Å². The van der Waals surface area contributed by atoms with Crippen molar-refractivity contribution in [3.8, 4) is 0 Å². The predicted octanol–water partition coefficient (Wildman–Crippen LogP) is 3.95. The molecular formula is C24H41NO4. The van der Waals surface area contributed by atoms with Gasteiger partial charge in [0.05, 0.1) is 24.7 Å². The molecule has 0 aromatic rings. The van der Waals surface area contributed by atoms with E-state index in [4.69, 9.17) is 4.74 Å². The number of aliphatic hydroxyl groups is 1. The van der Waals surface area contributed by atoms with E-state index in [2.05, 4.69) is 31.9 Å². The molecule has 5 heteroatoms. The van der Waals surface area contributed by atoms with Gasteiger partial charge in [-0.1, -0.05) is 32.6 Å². The zero-order valence-electron chi connectivity index (χ0n) is 19.2. The maximum absolute atomic E-state index is 13.3. The van der Waals surface area contributed by atoms with Crippen LogP contribution in [0.4, 0.5) is 0 Å². The zero-order valence-corrected chi connectivity index (χ0v) is 19.2. The Hall–Kier alpha value is -1.30. The fourth-order valence-electron chi connectivity index (χ4n) is 4.39. The van der Waals surface area contributed by atoms with Crippen LogP contribution in [0.5, 0.6) is 0 Å². The van der Waals surface area contributed by atoms with Gasteiger partial charge >= 0.3 is 0 Å². The number of nitrogens with zero attached hydrogens (tertiary/aromatic N) is 1. The largest absolute Gasteiger partial charge is 0.395 e. The Morgan fingerprint density at radius 3 is 2.31 bits per heavy atom.